The summed E-state index contributed by atoms with van der Waals surface area (Å²) in [6, 6.07) is 9.34. The highest BCUT2D eigenvalue weighted by Crippen LogP contribution is 2.33. The number of carbonyl (C=O) groups excluding carboxylic acids is 1. The number of rotatable bonds is 8. The number of ether oxygens (including phenoxy) is 2. The number of nitrogens with one attached hydrogen (secondary N) is 1. The van der Waals surface area contributed by atoms with E-state index in [2.05, 4.69) is 10.3 Å². The Balaban J connectivity index is 1.69. The first-order valence-electron chi connectivity index (χ1n) is 11.5. The number of hydrogen-bond donors (Lipinski definition) is 1. The first-order chi connectivity index (χ1) is 16.9. The van der Waals surface area contributed by atoms with Gasteiger partial charge >= 0.3 is 0 Å². The minimum absolute atomic E-state index is 0.0730. The van der Waals surface area contributed by atoms with Crippen LogP contribution in [0.5, 0.6) is 11.5 Å². The van der Waals surface area contributed by atoms with Gasteiger partial charge in [0.25, 0.3) is 11.6 Å². The van der Waals surface area contributed by atoms with E-state index in [1.807, 2.05) is 11.9 Å². The van der Waals surface area contributed by atoms with Crippen molar-refractivity contribution in [1.82, 2.24) is 14.9 Å². The zero-order chi connectivity index (χ0) is 24.9. The first-order valence-corrected chi connectivity index (χ1v) is 11.5. The number of nitro groups is 1. The maximum atomic E-state index is 13.4. The lowest BCUT2D eigenvalue weighted by Crippen LogP contribution is -2.32. The summed E-state index contributed by atoms with van der Waals surface area (Å²) in [4.78, 5) is 31.2. The molecule has 4 rings (SSSR count). The molecule has 1 aromatic heterocycles. The number of nitro benzene ring substituents is 1. The largest absolute Gasteiger partial charge is 0.497 e. The lowest BCUT2D eigenvalue weighted by atomic mass is 10.0. The summed E-state index contributed by atoms with van der Waals surface area (Å²) in [7, 11) is 4.93. The maximum Gasteiger partial charge on any atom is 0.293 e. The highest BCUT2D eigenvalue weighted by Gasteiger charge is 2.26. The molecule has 1 atom stereocenters. The molecule has 1 N–H and O–H groups in total. The number of hydrogen-bond acceptors (Lipinski definition) is 7. The highest BCUT2D eigenvalue weighted by molar-refractivity contribution is 5.96. The fourth-order valence-electron chi connectivity index (χ4n) is 4.38. The number of benzene rings is 2. The van der Waals surface area contributed by atoms with Crippen molar-refractivity contribution in [1.29, 1.82) is 0 Å². The van der Waals surface area contributed by atoms with Crippen LogP contribution in [0.15, 0.2) is 48.8 Å². The quantitative estimate of drug-likeness (QED) is 0.386. The standard InChI is InChI=1S/C25H29N5O5/c1-28-12-9-26-24(28)23(18-13-19(34-2)16-20(14-18)35-3)27-25(31)17-7-8-21(22(15-17)30(32)33)29-10-5-4-6-11-29/h7-9,12-16,23H,4-6,10-11H2,1-3H3,(H,27,31). The second kappa shape index (κ2) is 10.5. The van der Waals surface area contributed by atoms with Crippen LogP contribution in [0.1, 0.15) is 47.1 Å². The molecular weight excluding hydrogens is 450 g/mol. The van der Waals surface area contributed by atoms with Crippen molar-refractivity contribution in [3.8, 4) is 11.5 Å². The second-order valence-electron chi connectivity index (χ2n) is 8.46. The van der Waals surface area contributed by atoms with Gasteiger partial charge in [0.15, 0.2) is 0 Å². The number of aryl methyl sites for hydroxylation is 1. The van der Waals surface area contributed by atoms with Crippen LogP contribution in [0, 0.1) is 10.1 Å². The van der Waals surface area contributed by atoms with Crippen LogP contribution in [0.3, 0.4) is 0 Å². The normalized spacial score (nSPS) is 14.3. The molecule has 1 aliphatic heterocycles. The van der Waals surface area contributed by atoms with Crippen LogP contribution >= 0.6 is 0 Å². The molecule has 0 spiro atoms. The predicted octanol–water partition coefficient (Wildman–Crippen LogP) is 3.86. The topological polar surface area (TPSA) is 112 Å². The monoisotopic (exact) mass is 479 g/mol. The molecule has 1 saturated heterocycles. The number of anilines is 1. The predicted molar refractivity (Wildman–Crippen MR) is 131 cm³/mol. The number of imidazole rings is 1. The molecule has 0 saturated carbocycles. The number of nitrogens with zero attached hydrogens (tertiary/aromatic N) is 4. The van der Waals surface area contributed by atoms with Crippen LogP contribution in [-0.2, 0) is 7.05 Å². The summed E-state index contributed by atoms with van der Waals surface area (Å²) in [5.41, 5.74) is 1.37. The maximum absolute atomic E-state index is 13.4. The molecule has 10 heteroatoms. The molecule has 184 valence electrons. The van der Waals surface area contributed by atoms with Crippen molar-refractivity contribution in [3.63, 3.8) is 0 Å². The Morgan fingerprint density at radius 1 is 1.09 bits per heavy atom. The van der Waals surface area contributed by atoms with E-state index in [9.17, 15) is 14.9 Å². The number of amides is 1. The van der Waals surface area contributed by atoms with Crippen LogP contribution in [0.25, 0.3) is 0 Å². The molecule has 1 fully saturated rings. The van der Waals surface area contributed by atoms with Crippen LogP contribution in [-0.4, -0.2) is 47.7 Å². The van der Waals surface area contributed by atoms with Crippen molar-refractivity contribution >= 4 is 17.3 Å². The smallest absolute Gasteiger partial charge is 0.293 e. The van der Waals surface area contributed by atoms with Gasteiger partial charge in [-0.05, 0) is 49.1 Å². The van der Waals surface area contributed by atoms with E-state index < -0.39 is 16.9 Å². The Kier molecular flexibility index (Phi) is 7.19. The SMILES string of the molecule is COc1cc(OC)cc(C(NC(=O)c2ccc(N3CCCCC3)c([N+](=O)[O-])c2)c2nccn2C)c1. The van der Waals surface area contributed by atoms with Gasteiger partial charge in [0, 0.05) is 50.2 Å². The van der Waals surface area contributed by atoms with Gasteiger partial charge < -0.3 is 24.3 Å². The van der Waals surface area contributed by atoms with Crippen LogP contribution in [0.4, 0.5) is 11.4 Å². The summed E-state index contributed by atoms with van der Waals surface area (Å²) >= 11 is 0. The Morgan fingerprint density at radius 2 is 1.77 bits per heavy atom. The van der Waals surface area contributed by atoms with Gasteiger partial charge in [0.05, 0.1) is 19.1 Å². The average Bonchev–Trinajstić information content (AvgIpc) is 3.32. The van der Waals surface area contributed by atoms with Gasteiger partial charge in [0.1, 0.15) is 29.1 Å². The van der Waals surface area contributed by atoms with Crippen molar-refractivity contribution in [3.05, 3.63) is 75.9 Å². The average molecular weight is 480 g/mol. The van der Waals surface area contributed by atoms with E-state index >= 15 is 0 Å². The van der Waals surface area contributed by atoms with Gasteiger partial charge in [-0.1, -0.05) is 0 Å². The molecule has 1 aliphatic rings. The number of carbonyl (C=O) groups is 1. The third kappa shape index (κ3) is 5.21. The number of aromatic nitrogens is 2. The second-order valence-corrected chi connectivity index (χ2v) is 8.46. The molecule has 0 aliphatic carbocycles. The zero-order valence-corrected chi connectivity index (χ0v) is 20.1. The molecule has 35 heavy (non-hydrogen) atoms. The molecule has 2 aromatic carbocycles. The molecule has 2 heterocycles. The highest BCUT2D eigenvalue weighted by atomic mass is 16.6. The lowest BCUT2D eigenvalue weighted by Gasteiger charge is -2.28. The third-order valence-electron chi connectivity index (χ3n) is 6.23. The zero-order valence-electron chi connectivity index (χ0n) is 20.1. The molecule has 0 bridgehead atoms. The molecule has 1 amide bonds. The van der Waals surface area contributed by atoms with E-state index in [1.54, 1.807) is 61.5 Å². The summed E-state index contributed by atoms with van der Waals surface area (Å²) in [6.07, 6.45) is 6.53. The van der Waals surface area contributed by atoms with Gasteiger partial charge in [-0.15, -0.1) is 0 Å². The fraction of sp³-hybridized carbons (Fsp3) is 0.360. The van der Waals surface area contributed by atoms with E-state index in [1.165, 1.54) is 6.07 Å². The summed E-state index contributed by atoms with van der Waals surface area (Å²) < 4.78 is 12.6. The van der Waals surface area contributed by atoms with Crippen molar-refractivity contribution in [2.45, 2.75) is 25.3 Å². The van der Waals surface area contributed by atoms with Crippen LogP contribution < -0.4 is 19.7 Å². The molecule has 3 aromatic rings. The van der Waals surface area contributed by atoms with E-state index in [0.29, 0.717) is 28.6 Å². The number of methoxy groups -OCH3 is 2. The van der Waals surface area contributed by atoms with Crippen molar-refractivity contribution < 1.29 is 19.2 Å². The Bertz CT molecular complexity index is 1200. The molecule has 10 nitrogen and oxygen atoms in total. The van der Waals surface area contributed by atoms with E-state index in [-0.39, 0.29) is 11.3 Å². The molecule has 0 radical (unpaired) electrons. The summed E-state index contributed by atoms with van der Waals surface area (Å²) in [6.45, 7) is 1.54. The van der Waals surface area contributed by atoms with Crippen molar-refractivity contribution in [2.75, 3.05) is 32.2 Å². The Labute approximate surface area is 203 Å². The first kappa shape index (κ1) is 24.1. The van der Waals surface area contributed by atoms with Gasteiger partial charge in [-0.2, -0.15) is 0 Å². The minimum Gasteiger partial charge on any atom is -0.497 e. The van der Waals surface area contributed by atoms with Gasteiger partial charge in [0.2, 0.25) is 0 Å². The summed E-state index contributed by atoms with van der Waals surface area (Å²) in [5, 5.41) is 14.9. The van der Waals surface area contributed by atoms with Gasteiger partial charge in [-0.3, -0.25) is 14.9 Å². The molecular formula is C25H29N5O5. The van der Waals surface area contributed by atoms with Crippen LogP contribution in [0.2, 0.25) is 0 Å². The Morgan fingerprint density at radius 3 is 2.34 bits per heavy atom. The fourth-order valence-corrected chi connectivity index (χ4v) is 4.38. The lowest BCUT2D eigenvalue weighted by molar-refractivity contribution is -0.384. The third-order valence-corrected chi connectivity index (χ3v) is 6.23. The van der Waals surface area contributed by atoms with Crippen molar-refractivity contribution in [2.24, 2.45) is 7.05 Å². The minimum atomic E-state index is -0.646. The van der Waals surface area contributed by atoms with E-state index in [0.717, 1.165) is 32.4 Å². The number of piperidine rings is 1. The Hall–Kier alpha value is -4.08. The summed E-state index contributed by atoms with van der Waals surface area (Å²) in [5.74, 6) is 1.27. The van der Waals surface area contributed by atoms with E-state index in [4.69, 9.17) is 9.47 Å². The van der Waals surface area contributed by atoms with Gasteiger partial charge in [-0.25, -0.2) is 4.98 Å². The molecule has 1 unspecified atom stereocenters.